The lowest BCUT2D eigenvalue weighted by Gasteiger charge is -2.37. The maximum atomic E-state index is 10.4. The smallest absolute Gasteiger partial charge is 0.128 e. The van der Waals surface area contributed by atoms with Crippen molar-refractivity contribution in [1.29, 1.82) is 0 Å². The zero-order valence-corrected chi connectivity index (χ0v) is 11.8. The van der Waals surface area contributed by atoms with Gasteiger partial charge in [-0.3, -0.25) is 0 Å². The van der Waals surface area contributed by atoms with E-state index in [-0.39, 0.29) is 6.04 Å². The van der Waals surface area contributed by atoms with E-state index in [1.54, 1.807) is 0 Å². The maximum Gasteiger partial charge on any atom is 0.128 e. The summed E-state index contributed by atoms with van der Waals surface area (Å²) in [7, 11) is 0. The lowest BCUT2D eigenvalue weighted by Crippen LogP contribution is -2.46. The molecule has 1 aliphatic carbocycles. The van der Waals surface area contributed by atoms with E-state index in [1.165, 1.54) is 0 Å². The Morgan fingerprint density at radius 1 is 1.20 bits per heavy atom. The molecule has 1 saturated carbocycles. The highest BCUT2D eigenvalue weighted by molar-refractivity contribution is 5.89. The van der Waals surface area contributed by atoms with Crippen LogP contribution in [-0.4, -0.2) is 22.4 Å². The molecule has 0 saturated heterocycles. The van der Waals surface area contributed by atoms with Gasteiger partial charge in [-0.25, -0.2) is 0 Å². The van der Waals surface area contributed by atoms with Crippen molar-refractivity contribution in [1.82, 2.24) is 5.32 Å². The normalized spacial score (nSPS) is 18.7. The van der Waals surface area contributed by atoms with Gasteiger partial charge in [-0.2, -0.15) is 0 Å². The summed E-state index contributed by atoms with van der Waals surface area (Å²) in [5, 5.41) is 25.8. The number of hydrogen-bond acceptors (Lipinski definition) is 3. The van der Waals surface area contributed by atoms with E-state index >= 15 is 0 Å². The van der Waals surface area contributed by atoms with Crippen molar-refractivity contribution in [2.45, 2.75) is 37.8 Å². The van der Waals surface area contributed by atoms with Crippen LogP contribution in [0.15, 0.2) is 36.4 Å². The van der Waals surface area contributed by atoms with Gasteiger partial charge in [0.1, 0.15) is 5.75 Å². The number of aliphatic hydroxyl groups is 1. The second kappa shape index (κ2) is 5.08. The molecule has 3 nitrogen and oxygen atoms in total. The van der Waals surface area contributed by atoms with Gasteiger partial charge < -0.3 is 15.5 Å². The third kappa shape index (κ3) is 2.39. The molecule has 0 amide bonds. The summed E-state index contributed by atoms with van der Waals surface area (Å²) in [6, 6.07) is 11.8. The van der Waals surface area contributed by atoms with Gasteiger partial charge in [-0.15, -0.1) is 0 Å². The van der Waals surface area contributed by atoms with Crippen molar-refractivity contribution in [2.24, 2.45) is 0 Å². The van der Waals surface area contributed by atoms with Crippen LogP contribution in [0.1, 0.15) is 37.8 Å². The van der Waals surface area contributed by atoms with Crippen molar-refractivity contribution >= 4 is 10.8 Å². The molecule has 0 bridgehead atoms. The largest absolute Gasteiger partial charge is 0.507 e. The molecule has 0 aliphatic heterocycles. The molecule has 1 fully saturated rings. The summed E-state index contributed by atoms with van der Waals surface area (Å²) in [6.07, 6.45) is 2.85. The summed E-state index contributed by atoms with van der Waals surface area (Å²) >= 11 is 0. The molecule has 0 spiro atoms. The molecule has 1 unspecified atom stereocenters. The molecule has 3 N–H and O–H groups in total. The second-order valence-corrected chi connectivity index (χ2v) is 5.91. The Kier molecular flexibility index (Phi) is 3.40. The summed E-state index contributed by atoms with van der Waals surface area (Å²) in [6.45, 7) is 2.60. The molecule has 3 rings (SSSR count). The molecule has 2 aromatic rings. The van der Waals surface area contributed by atoms with E-state index in [0.29, 0.717) is 12.3 Å². The SMILES string of the molecule is CC(NCC1(O)CCC1)c1ccc2ccccc2c1O. The first kappa shape index (κ1) is 13.4. The highest BCUT2D eigenvalue weighted by Gasteiger charge is 2.34. The number of fused-ring (bicyclic) bond motifs is 1. The minimum absolute atomic E-state index is 0.0178. The van der Waals surface area contributed by atoms with Gasteiger partial charge in [0.25, 0.3) is 0 Å². The van der Waals surface area contributed by atoms with Crippen LogP contribution in [-0.2, 0) is 0 Å². The lowest BCUT2D eigenvalue weighted by molar-refractivity contribution is -0.0329. The van der Waals surface area contributed by atoms with Crippen LogP contribution < -0.4 is 5.32 Å². The monoisotopic (exact) mass is 271 g/mol. The third-order valence-electron chi connectivity index (χ3n) is 4.42. The summed E-state index contributed by atoms with van der Waals surface area (Å²) in [5.74, 6) is 0.337. The van der Waals surface area contributed by atoms with Gasteiger partial charge in [0.15, 0.2) is 0 Å². The highest BCUT2D eigenvalue weighted by atomic mass is 16.3. The number of nitrogens with one attached hydrogen (secondary N) is 1. The number of phenols is 1. The fraction of sp³-hybridized carbons (Fsp3) is 0.412. The maximum absolute atomic E-state index is 10.4. The van der Waals surface area contributed by atoms with Gasteiger partial charge in [-0.05, 0) is 31.6 Å². The lowest BCUT2D eigenvalue weighted by atomic mass is 9.80. The third-order valence-corrected chi connectivity index (χ3v) is 4.42. The molecular formula is C17H21NO2. The average molecular weight is 271 g/mol. The molecule has 1 atom stereocenters. The fourth-order valence-corrected chi connectivity index (χ4v) is 2.84. The van der Waals surface area contributed by atoms with Crippen molar-refractivity contribution in [3.63, 3.8) is 0 Å². The molecule has 0 radical (unpaired) electrons. The van der Waals surface area contributed by atoms with Crippen LogP contribution in [0, 0.1) is 0 Å². The van der Waals surface area contributed by atoms with Gasteiger partial charge in [0.05, 0.1) is 5.60 Å². The predicted octanol–water partition coefficient (Wildman–Crippen LogP) is 3.11. The molecule has 0 aromatic heterocycles. The van der Waals surface area contributed by atoms with Crippen LogP contribution in [0.3, 0.4) is 0 Å². The Morgan fingerprint density at radius 3 is 2.65 bits per heavy atom. The molecule has 2 aromatic carbocycles. The van der Waals surface area contributed by atoms with Crippen molar-refractivity contribution in [3.8, 4) is 5.75 Å². The standard InChI is InChI=1S/C17H21NO2/c1-12(18-11-17(20)9-4-10-17)14-8-7-13-5-2-3-6-15(13)16(14)19/h2-3,5-8,12,18-20H,4,9-11H2,1H3. The van der Waals surface area contributed by atoms with Crippen molar-refractivity contribution in [2.75, 3.05) is 6.54 Å². The fourth-order valence-electron chi connectivity index (χ4n) is 2.84. The van der Waals surface area contributed by atoms with Crippen LogP contribution in [0.4, 0.5) is 0 Å². The molecule has 20 heavy (non-hydrogen) atoms. The van der Waals surface area contributed by atoms with Crippen molar-refractivity contribution in [3.05, 3.63) is 42.0 Å². The minimum atomic E-state index is -0.541. The average Bonchev–Trinajstić information content (AvgIpc) is 2.43. The van der Waals surface area contributed by atoms with Crippen LogP contribution >= 0.6 is 0 Å². The Labute approximate surface area is 119 Å². The Hall–Kier alpha value is -1.58. The molecule has 1 aliphatic rings. The Balaban J connectivity index is 1.80. The first-order valence-electron chi connectivity index (χ1n) is 7.25. The number of aromatic hydroxyl groups is 1. The number of hydrogen-bond donors (Lipinski definition) is 3. The van der Waals surface area contributed by atoms with Gasteiger partial charge in [0, 0.05) is 23.5 Å². The van der Waals surface area contributed by atoms with E-state index in [9.17, 15) is 10.2 Å². The predicted molar refractivity (Wildman–Crippen MR) is 80.8 cm³/mol. The first-order valence-corrected chi connectivity index (χ1v) is 7.25. The van der Waals surface area contributed by atoms with Gasteiger partial charge in [0.2, 0.25) is 0 Å². The van der Waals surface area contributed by atoms with Gasteiger partial charge >= 0.3 is 0 Å². The van der Waals surface area contributed by atoms with Crippen LogP contribution in [0.2, 0.25) is 0 Å². The summed E-state index contributed by atoms with van der Waals surface area (Å²) in [5.41, 5.74) is 0.340. The van der Waals surface area contributed by atoms with E-state index < -0.39 is 5.60 Å². The molecule has 0 heterocycles. The zero-order chi connectivity index (χ0) is 14.2. The molecule has 3 heteroatoms. The molecule has 106 valence electrons. The number of rotatable bonds is 4. The number of phenolic OH excluding ortho intramolecular Hbond substituents is 1. The molecular weight excluding hydrogens is 250 g/mol. The van der Waals surface area contributed by atoms with Crippen LogP contribution in [0.5, 0.6) is 5.75 Å². The number of benzene rings is 2. The summed E-state index contributed by atoms with van der Waals surface area (Å²) < 4.78 is 0. The topological polar surface area (TPSA) is 52.5 Å². The Morgan fingerprint density at radius 2 is 1.95 bits per heavy atom. The zero-order valence-electron chi connectivity index (χ0n) is 11.8. The first-order chi connectivity index (χ1) is 9.59. The second-order valence-electron chi connectivity index (χ2n) is 5.91. The van der Waals surface area contributed by atoms with E-state index in [4.69, 9.17) is 0 Å². The Bertz CT molecular complexity index is 619. The van der Waals surface area contributed by atoms with E-state index in [0.717, 1.165) is 35.6 Å². The van der Waals surface area contributed by atoms with E-state index in [2.05, 4.69) is 5.32 Å². The summed E-state index contributed by atoms with van der Waals surface area (Å²) in [4.78, 5) is 0. The van der Waals surface area contributed by atoms with Crippen molar-refractivity contribution < 1.29 is 10.2 Å². The van der Waals surface area contributed by atoms with Crippen LogP contribution in [0.25, 0.3) is 10.8 Å². The van der Waals surface area contributed by atoms with Gasteiger partial charge in [-0.1, -0.05) is 36.4 Å². The minimum Gasteiger partial charge on any atom is -0.507 e. The van der Waals surface area contributed by atoms with E-state index in [1.807, 2.05) is 43.3 Å². The highest BCUT2D eigenvalue weighted by Crippen LogP contribution is 2.34. The quantitative estimate of drug-likeness (QED) is 0.801.